The standard InChI is InChI=1S/C17H28N2O2/c1-6-14-7-9-15(10-8-14)16(12(2)3)18-17(21)19(5)13(4)11-20/h7-10,12-13,16,20H,6,11H2,1-5H3,(H,18,21). The number of nitrogens with one attached hydrogen (secondary N) is 1. The number of hydrogen-bond donors (Lipinski definition) is 2. The molecule has 0 aromatic heterocycles. The van der Waals surface area contributed by atoms with Gasteiger partial charge in [0.1, 0.15) is 0 Å². The molecule has 21 heavy (non-hydrogen) atoms. The minimum absolute atomic E-state index is 0.0308. The van der Waals surface area contributed by atoms with Crippen molar-refractivity contribution in [3.05, 3.63) is 35.4 Å². The molecule has 0 aliphatic rings. The zero-order valence-electron chi connectivity index (χ0n) is 13.8. The first-order valence-corrected chi connectivity index (χ1v) is 7.63. The fraction of sp³-hybridized carbons (Fsp3) is 0.588. The predicted octanol–water partition coefficient (Wildman–Crippen LogP) is 2.97. The Balaban J connectivity index is 2.84. The number of amides is 2. The molecule has 1 aromatic rings. The van der Waals surface area contributed by atoms with Crippen molar-refractivity contribution < 1.29 is 9.90 Å². The lowest BCUT2D eigenvalue weighted by atomic mass is 9.95. The highest BCUT2D eigenvalue weighted by Crippen LogP contribution is 2.22. The summed E-state index contributed by atoms with van der Waals surface area (Å²) in [6, 6.07) is 8.00. The van der Waals surface area contributed by atoms with Gasteiger partial charge in [-0.3, -0.25) is 0 Å². The molecule has 0 saturated carbocycles. The van der Waals surface area contributed by atoms with Crippen molar-refractivity contribution in [2.75, 3.05) is 13.7 Å². The summed E-state index contributed by atoms with van der Waals surface area (Å²) in [4.78, 5) is 13.8. The molecule has 2 N–H and O–H groups in total. The molecule has 2 amide bonds. The van der Waals surface area contributed by atoms with E-state index in [1.165, 1.54) is 10.5 Å². The summed E-state index contributed by atoms with van der Waals surface area (Å²) in [6.07, 6.45) is 1.01. The summed E-state index contributed by atoms with van der Waals surface area (Å²) in [6.45, 7) is 8.09. The summed E-state index contributed by atoms with van der Waals surface area (Å²) < 4.78 is 0. The van der Waals surface area contributed by atoms with E-state index >= 15 is 0 Å². The van der Waals surface area contributed by atoms with E-state index in [-0.39, 0.29) is 24.7 Å². The largest absolute Gasteiger partial charge is 0.394 e. The van der Waals surface area contributed by atoms with Gasteiger partial charge in [0, 0.05) is 7.05 Å². The van der Waals surface area contributed by atoms with Gasteiger partial charge in [-0.25, -0.2) is 4.79 Å². The molecule has 1 rings (SSSR count). The highest BCUT2D eigenvalue weighted by atomic mass is 16.3. The van der Waals surface area contributed by atoms with E-state index in [9.17, 15) is 4.79 Å². The number of nitrogens with zero attached hydrogens (tertiary/aromatic N) is 1. The van der Waals surface area contributed by atoms with Crippen LogP contribution in [0, 0.1) is 5.92 Å². The van der Waals surface area contributed by atoms with Crippen LogP contribution in [0.3, 0.4) is 0 Å². The fourth-order valence-electron chi connectivity index (χ4n) is 2.15. The second-order valence-corrected chi connectivity index (χ2v) is 5.91. The Morgan fingerprint density at radius 1 is 1.24 bits per heavy atom. The summed E-state index contributed by atoms with van der Waals surface area (Å²) in [5.74, 6) is 0.291. The first-order valence-electron chi connectivity index (χ1n) is 7.63. The van der Waals surface area contributed by atoms with Gasteiger partial charge in [0.15, 0.2) is 0 Å². The van der Waals surface area contributed by atoms with Gasteiger partial charge in [0.2, 0.25) is 0 Å². The highest BCUT2D eigenvalue weighted by Gasteiger charge is 2.22. The summed E-state index contributed by atoms with van der Waals surface area (Å²) in [5.41, 5.74) is 2.40. The lowest BCUT2D eigenvalue weighted by Gasteiger charge is -2.29. The van der Waals surface area contributed by atoms with E-state index in [0.717, 1.165) is 12.0 Å². The van der Waals surface area contributed by atoms with Crippen LogP contribution >= 0.6 is 0 Å². The number of hydrogen-bond acceptors (Lipinski definition) is 2. The van der Waals surface area contributed by atoms with Crippen molar-refractivity contribution >= 4 is 6.03 Å². The number of rotatable bonds is 6. The van der Waals surface area contributed by atoms with Gasteiger partial charge in [-0.15, -0.1) is 0 Å². The van der Waals surface area contributed by atoms with Crippen molar-refractivity contribution in [3.63, 3.8) is 0 Å². The van der Waals surface area contributed by atoms with Gasteiger partial charge >= 0.3 is 6.03 Å². The number of carbonyl (C=O) groups is 1. The number of carbonyl (C=O) groups excluding carboxylic acids is 1. The summed E-state index contributed by atoms with van der Waals surface area (Å²) >= 11 is 0. The molecular formula is C17H28N2O2. The summed E-state index contributed by atoms with van der Waals surface area (Å²) in [5, 5.41) is 12.2. The van der Waals surface area contributed by atoms with Gasteiger partial charge < -0.3 is 15.3 Å². The minimum Gasteiger partial charge on any atom is -0.394 e. The number of urea groups is 1. The van der Waals surface area contributed by atoms with Gasteiger partial charge in [-0.05, 0) is 30.4 Å². The van der Waals surface area contributed by atoms with Crippen molar-refractivity contribution in [1.82, 2.24) is 10.2 Å². The van der Waals surface area contributed by atoms with Crippen LogP contribution in [-0.2, 0) is 6.42 Å². The molecule has 0 heterocycles. The Morgan fingerprint density at radius 2 is 1.81 bits per heavy atom. The molecule has 0 aliphatic carbocycles. The van der Waals surface area contributed by atoms with Crippen molar-refractivity contribution in [3.8, 4) is 0 Å². The van der Waals surface area contributed by atoms with E-state index in [2.05, 4.69) is 50.4 Å². The lowest BCUT2D eigenvalue weighted by molar-refractivity contribution is 0.152. The lowest BCUT2D eigenvalue weighted by Crippen LogP contribution is -2.46. The van der Waals surface area contributed by atoms with E-state index in [1.54, 1.807) is 7.05 Å². The van der Waals surface area contributed by atoms with Crippen LogP contribution in [-0.4, -0.2) is 35.7 Å². The summed E-state index contributed by atoms with van der Waals surface area (Å²) in [7, 11) is 1.70. The third-order valence-electron chi connectivity index (χ3n) is 3.94. The van der Waals surface area contributed by atoms with Gasteiger partial charge in [0.25, 0.3) is 0 Å². The van der Waals surface area contributed by atoms with Crippen LogP contribution in [0.15, 0.2) is 24.3 Å². The first-order chi connectivity index (χ1) is 9.90. The predicted molar refractivity (Wildman–Crippen MR) is 86.2 cm³/mol. The maximum absolute atomic E-state index is 12.3. The van der Waals surface area contributed by atoms with Gasteiger partial charge in [-0.1, -0.05) is 45.0 Å². The molecule has 0 fully saturated rings. The second kappa shape index (κ2) is 8.03. The molecule has 0 bridgehead atoms. The molecule has 4 heteroatoms. The molecule has 2 atom stereocenters. The average molecular weight is 292 g/mol. The first kappa shape index (κ1) is 17.5. The molecule has 0 saturated heterocycles. The zero-order chi connectivity index (χ0) is 16.0. The highest BCUT2D eigenvalue weighted by molar-refractivity contribution is 5.74. The van der Waals surface area contributed by atoms with Crippen LogP contribution < -0.4 is 5.32 Å². The molecule has 2 unspecified atom stereocenters. The minimum atomic E-state index is -0.194. The monoisotopic (exact) mass is 292 g/mol. The van der Waals surface area contributed by atoms with Crippen molar-refractivity contribution in [2.24, 2.45) is 5.92 Å². The molecule has 4 nitrogen and oxygen atoms in total. The fourth-order valence-corrected chi connectivity index (χ4v) is 2.15. The van der Waals surface area contributed by atoms with Crippen LogP contribution in [0.2, 0.25) is 0 Å². The molecular weight excluding hydrogens is 264 g/mol. The van der Waals surface area contributed by atoms with Crippen molar-refractivity contribution in [1.29, 1.82) is 0 Å². The quantitative estimate of drug-likeness (QED) is 0.847. The Labute approximate surface area is 128 Å². The Morgan fingerprint density at radius 3 is 2.24 bits per heavy atom. The van der Waals surface area contributed by atoms with E-state index < -0.39 is 0 Å². The SMILES string of the molecule is CCc1ccc(C(NC(=O)N(C)C(C)CO)C(C)C)cc1. The van der Waals surface area contributed by atoms with Crippen LogP contribution in [0.5, 0.6) is 0 Å². The maximum Gasteiger partial charge on any atom is 0.317 e. The number of aliphatic hydroxyl groups excluding tert-OH is 1. The third kappa shape index (κ3) is 4.74. The molecule has 0 aliphatic heterocycles. The molecule has 0 radical (unpaired) electrons. The van der Waals surface area contributed by atoms with Crippen molar-refractivity contribution in [2.45, 2.75) is 46.2 Å². The van der Waals surface area contributed by atoms with Gasteiger partial charge in [0.05, 0.1) is 18.7 Å². The Bertz CT molecular complexity index is 443. The number of aryl methyl sites for hydroxylation is 1. The van der Waals surface area contributed by atoms with E-state index in [4.69, 9.17) is 5.11 Å². The van der Waals surface area contributed by atoms with E-state index in [0.29, 0.717) is 5.92 Å². The molecule has 1 aromatic carbocycles. The number of likely N-dealkylation sites (N-methyl/N-ethyl adjacent to an activating group) is 1. The molecule has 0 spiro atoms. The maximum atomic E-state index is 12.3. The number of aliphatic hydroxyl groups is 1. The Kier molecular flexibility index (Phi) is 6.69. The zero-order valence-corrected chi connectivity index (χ0v) is 13.8. The smallest absolute Gasteiger partial charge is 0.317 e. The average Bonchev–Trinajstić information content (AvgIpc) is 2.50. The third-order valence-corrected chi connectivity index (χ3v) is 3.94. The molecule has 118 valence electrons. The van der Waals surface area contributed by atoms with Gasteiger partial charge in [-0.2, -0.15) is 0 Å². The normalized spacial score (nSPS) is 13.9. The van der Waals surface area contributed by atoms with Crippen LogP contribution in [0.25, 0.3) is 0 Å². The Hall–Kier alpha value is -1.55. The van der Waals surface area contributed by atoms with Crippen LogP contribution in [0.4, 0.5) is 4.79 Å². The topological polar surface area (TPSA) is 52.6 Å². The second-order valence-electron chi connectivity index (χ2n) is 5.91. The van der Waals surface area contributed by atoms with Crippen LogP contribution in [0.1, 0.15) is 44.9 Å². The van der Waals surface area contributed by atoms with E-state index in [1.807, 2.05) is 6.92 Å². The number of benzene rings is 1.